The molecule has 9 heteroatoms. The minimum atomic E-state index is -0.790. The fourth-order valence-corrected chi connectivity index (χ4v) is 4.63. The average molecular weight is 402 g/mol. The van der Waals surface area contributed by atoms with Gasteiger partial charge in [0.2, 0.25) is 18.6 Å². The van der Waals surface area contributed by atoms with E-state index in [2.05, 4.69) is 5.32 Å². The minimum Gasteiger partial charge on any atom is -0.454 e. The van der Waals surface area contributed by atoms with Crippen LogP contribution in [0.4, 0.5) is 5.69 Å². The molecular weight excluding hydrogens is 380 g/mol. The summed E-state index contributed by atoms with van der Waals surface area (Å²) in [6.07, 6.45) is 2.84. The van der Waals surface area contributed by atoms with Gasteiger partial charge in [-0.1, -0.05) is 12.2 Å². The van der Waals surface area contributed by atoms with Crippen LogP contribution in [0.2, 0.25) is 0 Å². The molecule has 1 aromatic carbocycles. The second kappa shape index (κ2) is 6.72. The van der Waals surface area contributed by atoms with Crippen LogP contribution >= 0.6 is 0 Å². The monoisotopic (exact) mass is 402 g/mol. The molecule has 0 radical (unpaired) electrons. The highest BCUT2D eigenvalue weighted by molar-refractivity contribution is 6.03. The van der Waals surface area contributed by atoms with Crippen molar-refractivity contribution in [3.8, 4) is 11.5 Å². The average Bonchev–Trinajstić information content (AvgIpc) is 3.48. The third-order valence-electron chi connectivity index (χ3n) is 6.04. The Bertz CT molecular complexity index is 884. The topological polar surface area (TPSA) is 95.6 Å². The molecule has 2 saturated heterocycles. The number of fused-ring (bicyclic) bond motifs is 2. The van der Waals surface area contributed by atoms with Gasteiger partial charge < -0.3 is 33.9 Å². The van der Waals surface area contributed by atoms with Crippen molar-refractivity contribution in [2.45, 2.75) is 18.0 Å². The van der Waals surface area contributed by atoms with Gasteiger partial charge in [0, 0.05) is 26.0 Å². The minimum absolute atomic E-state index is 0.133. The molecule has 4 heterocycles. The van der Waals surface area contributed by atoms with Gasteiger partial charge in [0.15, 0.2) is 17.8 Å². The summed E-state index contributed by atoms with van der Waals surface area (Å²) in [7, 11) is 3.00. The molecule has 2 amide bonds. The number of nitrogens with one attached hydrogen (secondary N) is 1. The lowest BCUT2D eigenvalue weighted by Gasteiger charge is -2.24. The Hall–Kier alpha value is -2.62. The number of amides is 2. The lowest BCUT2D eigenvalue weighted by atomic mass is 9.77. The van der Waals surface area contributed by atoms with Crippen molar-refractivity contribution < 1.29 is 33.3 Å². The van der Waals surface area contributed by atoms with Crippen molar-refractivity contribution in [2.75, 3.05) is 39.0 Å². The number of ether oxygens (including phenoxy) is 5. The number of carbonyl (C=O) groups is 2. The first-order valence-electron chi connectivity index (χ1n) is 9.48. The van der Waals surface area contributed by atoms with E-state index in [1.807, 2.05) is 18.2 Å². The van der Waals surface area contributed by atoms with Crippen LogP contribution in [-0.2, 0) is 23.8 Å². The molecular formula is C20H22N2O7. The number of benzene rings is 1. The Labute approximate surface area is 167 Å². The zero-order chi connectivity index (χ0) is 20.2. The lowest BCUT2D eigenvalue weighted by Crippen LogP contribution is -2.46. The molecule has 1 spiro atoms. The van der Waals surface area contributed by atoms with Gasteiger partial charge in [0.25, 0.3) is 0 Å². The molecule has 0 aliphatic carbocycles. The smallest absolute Gasteiger partial charge is 0.234 e. The summed E-state index contributed by atoms with van der Waals surface area (Å²) < 4.78 is 27.1. The van der Waals surface area contributed by atoms with Crippen LogP contribution in [0.1, 0.15) is 0 Å². The molecule has 29 heavy (non-hydrogen) atoms. The third kappa shape index (κ3) is 2.72. The summed E-state index contributed by atoms with van der Waals surface area (Å²) in [6.45, 7) is 0.712. The SMILES string of the molecule is COC(CNC(=O)[C@@H]1[C@H]2C=C[C@@]3(CN(c4ccc5c(c4)OCO5)C(=O)[C@@H]13)O2)OC. The molecule has 2 fully saturated rings. The van der Waals surface area contributed by atoms with Crippen molar-refractivity contribution in [1.29, 1.82) is 0 Å². The molecule has 9 nitrogen and oxygen atoms in total. The maximum absolute atomic E-state index is 13.3. The van der Waals surface area contributed by atoms with E-state index in [0.717, 1.165) is 0 Å². The zero-order valence-electron chi connectivity index (χ0n) is 16.1. The van der Waals surface area contributed by atoms with E-state index in [-0.39, 0.29) is 25.2 Å². The largest absolute Gasteiger partial charge is 0.454 e. The maximum atomic E-state index is 13.3. The van der Waals surface area contributed by atoms with E-state index in [4.69, 9.17) is 23.7 Å². The van der Waals surface area contributed by atoms with Crippen LogP contribution in [0, 0.1) is 11.8 Å². The van der Waals surface area contributed by atoms with E-state index in [9.17, 15) is 9.59 Å². The van der Waals surface area contributed by atoms with Crippen LogP contribution in [0.5, 0.6) is 11.5 Å². The number of carbonyl (C=O) groups excluding carboxylic acids is 2. The fourth-order valence-electron chi connectivity index (χ4n) is 4.63. The standard InChI is InChI=1S/C20H22N2O7/c1-25-15(26-2)8-21-18(23)16-13-5-6-20(29-13)9-22(19(24)17(16)20)11-3-4-12-14(7-11)28-10-27-12/h3-7,13,15-17H,8-10H2,1-2H3,(H,21,23)/t13-,16-,17-,20+/m1/s1. The van der Waals surface area contributed by atoms with Crippen molar-refractivity contribution in [2.24, 2.45) is 11.8 Å². The lowest BCUT2D eigenvalue weighted by molar-refractivity contribution is -0.135. The molecule has 5 rings (SSSR count). The van der Waals surface area contributed by atoms with Crippen LogP contribution in [0.3, 0.4) is 0 Å². The summed E-state index contributed by atoms with van der Waals surface area (Å²) in [4.78, 5) is 27.9. The van der Waals surface area contributed by atoms with Gasteiger partial charge in [-0.3, -0.25) is 9.59 Å². The molecule has 4 aliphatic rings. The van der Waals surface area contributed by atoms with E-state index < -0.39 is 29.8 Å². The summed E-state index contributed by atoms with van der Waals surface area (Å²) >= 11 is 0. The van der Waals surface area contributed by atoms with Crippen LogP contribution in [0.25, 0.3) is 0 Å². The predicted molar refractivity (Wildman–Crippen MR) is 99.5 cm³/mol. The third-order valence-corrected chi connectivity index (χ3v) is 6.04. The highest BCUT2D eigenvalue weighted by atomic mass is 16.7. The molecule has 4 aliphatic heterocycles. The molecule has 154 valence electrons. The molecule has 1 aromatic rings. The van der Waals surface area contributed by atoms with Gasteiger partial charge in [-0.25, -0.2) is 0 Å². The van der Waals surface area contributed by atoms with Crippen LogP contribution in [-0.4, -0.2) is 63.9 Å². The van der Waals surface area contributed by atoms with E-state index >= 15 is 0 Å². The van der Waals surface area contributed by atoms with Gasteiger partial charge in [0.1, 0.15) is 5.60 Å². The first-order valence-corrected chi connectivity index (χ1v) is 9.48. The summed E-state index contributed by atoms with van der Waals surface area (Å²) in [5, 5.41) is 2.82. The van der Waals surface area contributed by atoms with Gasteiger partial charge in [-0.15, -0.1) is 0 Å². The predicted octanol–water partition coefficient (Wildman–Crippen LogP) is 0.437. The van der Waals surface area contributed by atoms with Gasteiger partial charge in [0.05, 0.1) is 31.0 Å². The second-order valence-corrected chi connectivity index (χ2v) is 7.51. The molecule has 0 unspecified atom stereocenters. The molecule has 0 saturated carbocycles. The maximum Gasteiger partial charge on any atom is 0.234 e. The van der Waals surface area contributed by atoms with Crippen molar-refractivity contribution in [3.63, 3.8) is 0 Å². The van der Waals surface area contributed by atoms with Crippen LogP contribution < -0.4 is 19.7 Å². The van der Waals surface area contributed by atoms with Crippen molar-refractivity contribution >= 4 is 17.5 Å². The normalized spacial score (nSPS) is 31.1. The fraction of sp³-hybridized carbons (Fsp3) is 0.500. The van der Waals surface area contributed by atoms with Crippen molar-refractivity contribution in [3.05, 3.63) is 30.4 Å². The molecule has 0 aromatic heterocycles. The summed E-state index contributed by atoms with van der Waals surface area (Å²) in [5.41, 5.74) is -0.0938. The summed E-state index contributed by atoms with van der Waals surface area (Å²) in [5.74, 6) is -0.298. The highest BCUT2D eigenvalue weighted by Crippen LogP contribution is 2.53. The number of rotatable bonds is 6. The van der Waals surface area contributed by atoms with Gasteiger partial charge in [-0.2, -0.15) is 0 Å². The number of anilines is 1. The Kier molecular flexibility index (Phi) is 4.27. The number of hydrogen-bond acceptors (Lipinski definition) is 7. The Morgan fingerprint density at radius 3 is 2.90 bits per heavy atom. The Morgan fingerprint density at radius 1 is 1.31 bits per heavy atom. The first-order chi connectivity index (χ1) is 14.1. The number of methoxy groups -OCH3 is 2. The zero-order valence-corrected chi connectivity index (χ0v) is 16.1. The number of nitrogens with zero attached hydrogens (tertiary/aromatic N) is 1. The Morgan fingerprint density at radius 2 is 2.10 bits per heavy atom. The molecule has 2 bridgehead atoms. The quantitative estimate of drug-likeness (QED) is 0.545. The molecule has 1 N–H and O–H groups in total. The Balaban J connectivity index is 1.38. The second-order valence-electron chi connectivity index (χ2n) is 7.51. The van der Waals surface area contributed by atoms with Gasteiger partial charge in [-0.05, 0) is 12.1 Å². The highest BCUT2D eigenvalue weighted by Gasteiger charge is 2.67. The van der Waals surface area contributed by atoms with E-state index in [1.54, 1.807) is 17.0 Å². The van der Waals surface area contributed by atoms with E-state index in [1.165, 1.54) is 14.2 Å². The van der Waals surface area contributed by atoms with Gasteiger partial charge >= 0.3 is 0 Å². The van der Waals surface area contributed by atoms with Crippen LogP contribution in [0.15, 0.2) is 30.4 Å². The first kappa shape index (κ1) is 18.4. The van der Waals surface area contributed by atoms with E-state index in [0.29, 0.717) is 23.7 Å². The number of hydrogen-bond donors (Lipinski definition) is 1. The summed E-state index contributed by atoms with van der Waals surface area (Å²) in [6, 6.07) is 5.38. The molecule has 4 atom stereocenters. The van der Waals surface area contributed by atoms with Crippen molar-refractivity contribution in [1.82, 2.24) is 5.32 Å².